The molecule has 7 heteroatoms. The van der Waals surface area contributed by atoms with Crippen LogP contribution in [-0.2, 0) is 17.6 Å². The first-order chi connectivity index (χ1) is 13.1. The van der Waals surface area contributed by atoms with Crippen LogP contribution in [-0.4, -0.2) is 34.4 Å². The first-order valence-corrected chi connectivity index (χ1v) is 9.67. The van der Waals surface area contributed by atoms with Crippen LogP contribution in [0.2, 0.25) is 0 Å². The third-order valence-corrected chi connectivity index (χ3v) is 5.49. The molecule has 0 saturated heterocycles. The molecule has 2 aromatic rings. The molecule has 0 spiro atoms. The minimum absolute atomic E-state index is 0.0741. The summed E-state index contributed by atoms with van der Waals surface area (Å²) < 4.78 is 13.4. The van der Waals surface area contributed by atoms with Crippen LogP contribution in [0, 0.1) is 0 Å². The lowest BCUT2D eigenvalue weighted by molar-refractivity contribution is -0.117. The monoisotopic (exact) mass is 370 g/mol. The molecule has 4 rings (SSSR count). The van der Waals surface area contributed by atoms with Crippen molar-refractivity contribution in [2.75, 3.05) is 13.7 Å². The quantitative estimate of drug-likeness (QED) is 0.873. The number of rotatable bonds is 5. The molecule has 1 aromatic carbocycles. The van der Waals surface area contributed by atoms with Gasteiger partial charge in [0.1, 0.15) is 17.3 Å². The summed E-state index contributed by atoms with van der Waals surface area (Å²) in [5, 5.41) is 4.66. The summed E-state index contributed by atoms with van der Waals surface area (Å²) in [4.78, 5) is 16.1. The van der Waals surface area contributed by atoms with Crippen molar-refractivity contribution in [1.29, 1.82) is 0 Å². The molecule has 1 atom stereocenters. The average Bonchev–Trinajstić information content (AvgIpc) is 3.10. The van der Waals surface area contributed by atoms with Gasteiger partial charge in [0, 0.05) is 0 Å². The number of hydrogen-bond acceptors (Lipinski definition) is 5. The molecule has 144 valence electrons. The van der Waals surface area contributed by atoms with Gasteiger partial charge in [-0.15, -0.1) is 0 Å². The van der Waals surface area contributed by atoms with E-state index >= 15 is 0 Å². The molecule has 1 aromatic heterocycles. The molecule has 1 aliphatic carbocycles. The van der Waals surface area contributed by atoms with Gasteiger partial charge in [-0.25, -0.2) is 9.67 Å². The number of aromatic nitrogens is 3. The number of nitrogens with zero attached hydrogens (tertiary/aromatic N) is 3. The Kier molecular flexibility index (Phi) is 5.01. The molecule has 0 bridgehead atoms. The number of primary amides is 1. The van der Waals surface area contributed by atoms with Crippen molar-refractivity contribution in [1.82, 2.24) is 14.8 Å². The summed E-state index contributed by atoms with van der Waals surface area (Å²) in [5.41, 5.74) is 6.48. The van der Waals surface area contributed by atoms with Gasteiger partial charge in [0.2, 0.25) is 5.91 Å². The van der Waals surface area contributed by atoms with Gasteiger partial charge in [-0.1, -0.05) is 19.3 Å². The molecule has 27 heavy (non-hydrogen) atoms. The fourth-order valence-corrected chi connectivity index (χ4v) is 4.15. The van der Waals surface area contributed by atoms with Crippen LogP contribution in [0.5, 0.6) is 11.5 Å². The predicted octanol–water partition coefficient (Wildman–Crippen LogP) is 2.54. The Morgan fingerprint density at radius 2 is 2.15 bits per heavy atom. The van der Waals surface area contributed by atoms with Crippen LogP contribution in [0.4, 0.5) is 0 Å². The van der Waals surface area contributed by atoms with Crippen LogP contribution in [0.15, 0.2) is 18.2 Å². The van der Waals surface area contributed by atoms with Gasteiger partial charge in [0.05, 0.1) is 32.1 Å². The molecule has 1 saturated carbocycles. The molecule has 1 fully saturated rings. The molecule has 1 aliphatic heterocycles. The second kappa shape index (κ2) is 7.58. The Labute approximate surface area is 158 Å². The van der Waals surface area contributed by atoms with E-state index in [0.29, 0.717) is 18.5 Å². The predicted molar refractivity (Wildman–Crippen MR) is 100.0 cm³/mol. The number of carbonyl (C=O) groups excluding carboxylic acids is 1. The summed E-state index contributed by atoms with van der Waals surface area (Å²) in [7, 11) is 1.67. The molecule has 0 radical (unpaired) electrons. The van der Waals surface area contributed by atoms with Gasteiger partial charge in [-0.05, 0) is 43.0 Å². The highest BCUT2D eigenvalue weighted by Gasteiger charge is 2.30. The highest BCUT2D eigenvalue weighted by Crippen LogP contribution is 2.36. The summed E-state index contributed by atoms with van der Waals surface area (Å²) in [5.74, 6) is 2.83. The van der Waals surface area contributed by atoms with Gasteiger partial charge in [-0.3, -0.25) is 4.79 Å². The SMILES string of the molecule is COc1ccc2c(c1)C[C@@H](c1nc(CC(N)=O)nn1C1CCCCC1)CO2. The van der Waals surface area contributed by atoms with Crippen LogP contribution < -0.4 is 15.2 Å². The minimum atomic E-state index is -0.405. The number of ether oxygens (including phenoxy) is 2. The molecule has 1 amide bonds. The standard InChI is InChI=1S/C20H26N4O3/c1-26-16-7-8-17-13(10-16)9-14(12-27-17)20-22-19(11-18(21)25)23-24(20)15-5-3-2-4-6-15/h7-8,10,14-15H,2-6,9,11-12H2,1H3,(H2,21,25)/t14-/m1/s1. The van der Waals surface area contributed by atoms with Crippen molar-refractivity contribution in [3.8, 4) is 11.5 Å². The second-order valence-corrected chi connectivity index (χ2v) is 7.45. The molecule has 7 nitrogen and oxygen atoms in total. The van der Waals surface area contributed by atoms with Crippen molar-refractivity contribution < 1.29 is 14.3 Å². The highest BCUT2D eigenvalue weighted by atomic mass is 16.5. The smallest absolute Gasteiger partial charge is 0.225 e. The fraction of sp³-hybridized carbons (Fsp3) is 0.550. The zero-order valence-electron chi connectivity index (χ0n) is 15.7. The number of amides is 1. The van der Waals surface area contributed by atoms with Gasteiger partial charge in [0.15, 0.2) is 5.82 Å². The van der Waals surface area contributed by atoms with Crippen molar-refractivity contribution >= 4 is 5.91 Å². The zero-order chi connectivity index (χ0) is 18.8. The number of hydrogen-bond donors (Lipinski definition) is 1. The Hall–Kier alpha value is -2.57. The van der Waals surface area contributed by atoms with Crippen LogP contribution in [0.25, 0.3) is 0 Å². The first-order valence-electron chi connectivity index (χ1n) is 9.67. The van der Waals surface area contributed by atoms with Gasteiger partial charge in [-0.2, -0.15) is 5.10 Å². The van der Waals surface area contributed by atoms with E-state index in [0.717, 1.165) is 42.1 Å². The van der Waals surface area contributed by atoms with Crippen LogP contribution in [0.1, 0.15) is 61.3 Å². The second-order valence-electron chi connectivity index (χ2n) is 7.45. The van der Waals surface area contributed by atoms with E-state index in [9.17, 15) is 4.79 Å². The number of fused-ring (bicyclic) bond motifs is 1. The number of methoxy groups -OCH3 is 1. The van der Waals surface area contributed by atoms with Gasteiger partial charge >= 0.3 is 0 Å². The van der Waals surface area contributed by atoms with Gasteiger partial charge in [0.25, 0.3) is 0 Å². The fourth-order valence-electron chi connectivity index (χ4n) is 4.15. The van der Waals surface area contributed by atoms with E-state index in [1.54, 1.807) is 7.11 Å². The van der Waals surface area contributed by atoms with Crippen molar-refractivity contribution in [3.05, 3.63) is 35.4 Å². The topological polar surface area (TPSA) is 92.3 Å². The van der Waals surface area contributed by atoms with Crippen molar-refractivity contribution in [3.63, 3.8) is 0 Å². The van der Waals surface area contributed by atoms with E-state index in [2.05, 4.69) is 9.78 Å². The summed E-state index contributed by atoms with van der Waals surface area (Å²) in [6, 6.07) is 6.23. The van der Waals surface area contributed by atoms with E-state index in [1.807, 2.05) is 18.2 Å². The van der Waals surface area contributed by atoms with E-state index in [4.69, 9.17) is 20.2 Å². The molecular weight excluding hydrogens is 344 g/mol. The van der Waals surface area contributed by atoms with E-state index in [-0.39, 0.29) is 12.3 Å². The highest BCUT2D eigenvalue weighted by molar-refractivity contribution is 5.75. The number of benzene rings is 1. The first kappa shape index (κ1) is 17.8. The maximum Gasteiger partial charge on any atom is 0.225 e. The maximum atomic E-state index is 11.4. The number of nitrogens with two attached hydrogens (primary N) is 1. The van der Waals surface area contributed by atoms with E-state index < -0.39 is 5.91 Å². The normalized spacial score (nSPS) is 20.0. The van der Waals surface area contributed by atoms with Crippen LogP contribution >= 0.6 is 0 Å². The zero-order valence-corrected chi connectivity index (χ0v) is 15.7. The van der Waals surface area contributed by atoms with Crippen molar-refractivity contribution in [2.45, 2.75) is 56.9 Å². The Morgan fingerprint density at radius 3 is 2.89 bits per heavy atom. The summed E-state index contributed by atoms with van der Waals surface area (Å²) in [6.07, 6.45) is 6.77. The lowest BCUT2D eigenvalue weighted by Crippen LogP contribution is -2.25. The summed E-state index contributed by atoms with van der Waals surface area (Å²) >= 11 is 0. The van der Waals surface area contributed by atoms with E-state index in [1.165, 1.54) is 19.3 Å². The molecule has 0 unspecified atom stereocenters. The lowest BCUT2D eigenvalue weighted by atomic mass is 9.93. The Balaban J connectivity index is 1.65. The number of carbonyl (C=O) groups is 1. The minimum Gasteiger partial charge on any atom is -0.497 e. The average molecular weight is 370 g/mol. The molecule has 2 N–H and O–H groups in total. The van der Waals surface area contributed by atoms with Crippen LogP contribution in [0.3, 0.4) is 0 Å². The largest absolute Gasteiger partial charge is 0.497 e. The lowest BCUT2D eigenvalue weighted by Gasteiger charge is -2.28. The summed E-state index contributed by atoms with van der Waals surface area (Å²) in [6.45, 7) is 0.556. The Morgan fingerprint density at radius 1 is 1.33 bits per heavy atom. The molecule has 2 aliphatic rings. The third kappa shape index (κ3) is 3.77. The third-order valence-electron chi connectivity index (χ3n) is 5.49. The maximum absolute atomic E-state index is 11.4. The van der Waals surface area contributed by atoms with Crippen molar-refractivity contribution in [2.24, 2.45) is 5.73 Å². The van der Waals surface area contributed by atoms with Gasteiger partial charge < -0.3 is 15.2 Å². The Bertz CT molecular complexity index is 827. The molecular formula is C20H26N4O3. The molecule has 2 heterocycles.